The molecular formula is C19H26N4O2. The van der Waals surface area contributed by atoms with E-state index in [4.69, 9.17) is 4.74 Å². The topological polar surface area (TPSA) is 50.6 Å². The fourth-order valence-electron chi connectivity index (χ4n) is 3.24. The molecule has 1 amide bonds. The maximum absolute atomic E-state index is 12.8. The Bertz CT molecular complexity index is 699. The number of hydrogen-bond donors (Lipinski definition) is 0. The highest BCUT2D eigenvalue weighted by Gasteiger charge is 2.23. The van der Waals surface area contributed by atoms with E-state index >= 15 is 0 Å². The predicted octanol–water partition coefficient (Wildman–Crippen LogP) is 1.45. The first-order valence-corrected chi connectivity index (χ1v) is 8.69. The molecule has 6 heteroatoms. The summed E-state index contributed by atoms with van der Waals surface area (Å²) in [6.07, 6.45) is 2.80. The van der Waals surface area contributed by atoms with Gasteiger partial charge in [-0.1, -0.05) is 30.3 Å². The number of imidazole rings is 1. The largest absolute Gasteiger partial charge is 0.383 e. The molecule has 1 aromatic heterocycles. The Morgan fingerprint density at radius 2 is 2.12 bits per heavy atom. The number of amides is 1. The van der Waals surface area contributed by atoms with Crippen LogP contribution in [0.3, 0.4) is 0 Å². The maximum atomic E-state index is 12.8. The van der Waals surface area contributed by atoms with Crippen molar-refractivity contribution in [3.8, 4) is 0 Å². The third kappa shape index (κ3) is 4.46. The quantitative estimate of drug-likeness (QED) is 0.764. The lowest BCUT2D eigenvalue weighted by molar-refractivity contribution is -0.134. The number of hydrogen-bond acceptors (Lipinski definition) is 4. The molecule has 0 atom stereocenters. The highest BCUT2D eigenvalue weighted by atomic mass is 16.5. The molecule has 0 unspecified atom stereocenters. The van der Waals surface area contributed by atoms with Crippen LogP contribution in [0.15, 0.2) is 36.7 Å². The minimum Gasteiger partial charge on any atom is -0.383 e. The molecule has 0 fully saturated rings. The van der Waals surface area contributed by atoms with Gasteiger partial charge in [-0.25, -0.2) is 4.98 Å². The molecular weight excluding hydrogens is 316 g/mol. The van der Waals surface area contributed by atoms with E-state index in [1.54, 1.807) is 7.11 Å². The Kier molecular flexibility index (Phi) is 5.83. The monoisotopic (exact) mass is 342 g/mol. The van der Waals surface area contributed by atoms with Gasteiger partial charge >= 0.3 is 0 Å². The molecule has 0 N–H and O–H groups in total. The first-order chi connectivity index (χ1) is 12.2. The van der Waals surface area contributed by atoms with Gasteiger partial charge in [0.25, 0.3) is 0 Å². The molecule has 6 nitrogen and oxygen atoms in total. The van der Waals surface area contributed by atoms with Crippen molar-refractivity contribution in [2.24, 2.45) is 7.05 Å². The minimum absolute atomic E-state index is 0.139. The van der Waals surface area contributed by atoms with Crippen LogP contribution in [0.1, 0.15) is 17.0 Å². The smallest absolute Gasteiger partial charge is 0.237 e. The van der Waals surface area contributed by atoms with Crippen LogP contribution in [0.25, 0.3) is 0 Å². The molecule has 3 rings (SSSR count). The molecule has 0 saturated carbocycles. The summed E-state index contributed by atoms with van der Waals surface area (Å²) < 4.78 is 7.26. The molecule has 0 aliphatic carbocycles. The van der Waals surface area contributed by atoms with E-state index < -0.39 is 0 Å². The zero-order valence-electron chi connectivity index (χ0n) is 15.0. The number of fused-ring (bicyclic) bond motifs is 1. The molecule has 0 saturated heterocycles. The molecule has 0 radical (unpaired) electrons. The third-order valence-electron chi connectivity index (χ3n) is 4.68. The standard InChI is InChI=1S/C19H26N4O2/c1-21-15-20-17-13-22(9-8-18(17)21)14-19(24)23(10-11-25-2)12-16-6-4-3-5-7-16/h3-7,15H,8-14H2,1-2H3. The van der Waals surface area contributed by atoms with Crippen LogP contribution in [-0.4, -0.2) is 58.6 Å². The van der Waals surface area contributed by atoms with Crippen molar-refractivity contribution >= 4 is 5.91 Å². The number of aromatic nitrogens is 2. The van der Waals surface area contributed by atoms with Crippen molar-refractivity contribution in [1.82, 2.24) is 19.4 Å². The summed E-state index contributed by atoms with van der Waals surface area (Å²) in [5, 5.41) is 0. The first kappa shape index (κ1) is 17.6. The Balaban J connectivity index is 1.62. The number of carbonyl (C=O) groups excluding carboxylic acids is 1. The number of nitrogens with zero attached hydrogens (tertiary/aromatic N) is 4. The van der Waals surface area contributed by atoms with E-state index in [9.17, 15) is 4.79 Å². The van der Waals surface area contributed by atoms with Crippen LogP contribution in [0.5, 0.6) is 0 Å². The number of methoxy groups -OCH3 is 1. The molecule has 134 valence electrons. The van der Waals surface area contributed by atoms with Gasteiger partial charge < -0.3 is 14.2 Å². The Morgan fingerprint density at radius 3 is 2.88 bits per heavy atom. The van der Waals surface area contributed by atoms with Gasteiger partial charge in [0, 0.05) is 52.5 Å². The van der Waals surface area contributed by atoms with E-state index in [1.165, 1.54) is 5.69 Å². The summed E-state index contributed by atoms with van der Waals surface area (Å²) in [6.45, 7) is 3.82. The van der Waals surface area contributed by atoms with Gasteiger partial charge in [-0.15, -0.1) is 0 Å². The summed E-state index contributed by atoms with van der Waals surface area (Å²) in [4.78, 5) is 21.4. The fraction of sp³-hybridized carbons (Fsp3) is 0.474. The fourth-order valence-corrected chi connectivity index (χ4v) is 3.24. The highest BCUT2D eigenvalue weighted by Crippen LogP contribution is 2.17. The van der Waals surface area contributed by atoms with Gasteiger partial charge in [0.2, 0.25) is 5.91 Å². The second kappa shape index (κ2) is 8.27. The van der Waals surface area contributed by atoms with Crippen LogP contribution in [0.4, 0.5) is 0 Å². The van der Waals surface area contributed by atoms with Crippen LogP contribution in [0, 0.1) is 0 Å². The van der Waals surface area contributed by atoms with Gasteiger partial charge in [0.15, 0.2) is 0 Å². The average Bonchev–Trinajstić information content (AvgIpc) is 3.00. The van der Waals surface area contributed by atoms with Crippen LogP contribution < -0.4 is 0 Å². The van der Waals surface area contributed by atoms with Crippen LogP contribution in [-0.2, 0) is 36.1 Å². The Labute approximate surface area is 149 Å². The maximum Gasteiger partial charge on any atom is 0.237 e. The first-order valence-electron chi connectivity index (χ1n) is 8.69. The van der Waals surface area contributed by atoms with Gasteiger partial charge in [-0.2, -0.15) is 0 Å². The zero-order valence-corrected chi connectivity index (χ0v) is 15.0. The number of ether oxygens (including phenoxy) is 1. The molecule has 0 bridgehead atoms. The molecule has 2 aromatic rings. The van der Waals surface area contributed by atoms with Crippen molar-refractivity contribution in [3.05, 3.63) is 53.6 Å². The molecule has 1 aromatic carbocycles. The number of carbonyl (C=O) groups is 1. The van der Waals surface area contributed by atoms with Crippen molar-refractivity contribution in [2.45, 2.75) is 19.5 Å². The van der Waals surface area contributed by atoms with Crippen LogP contribution >= 0.6 is 0 Å². The number of rotatable bonds is 7. The zero-order chi connectivity index (χ0) is 17.6. The number of benzene rings is 1. The van der Waals surface area contributed by atoms with Crippen molar-refractivity contribution in [3.63, 3.8) is 0 Å². The van der Waals surface area contributed by atoms with Gasteiger partial charge in [0.05, 0.1) is 25.2 Å². The molecule has 25 heavy (non-hydrogen) atoms. The second-order valence-electron chi connectivity index (χ2n) is 6.50. The van der Waals surface area contributed by atoms with E-state index in [0.29, 0.717) is 26.2 Å². The lowest BCUT2D eigenvalue weighted by Gasteiger charge is -2.29. The van der Waals surface area contributed by atoms with E-state index in [-0.39, 0.29) is 5.91 Å². The molecule has 2 heterocycles. The van der Waals surface area contributed by atoms with Gasteiger partial charge in [-0.05, 0) is 5.56 Å². The molecule has 1 aliphatic rings. The van der Waals surface area contributed by atoms with Crippen molar-refractivity contribution < 1.29 is 9.53 Å². The van der Waals surface area contributed by atoms with E-state index in [2.05, 4.69) is 14.5 Å². The normalized spacial score (nSPS) is 14.3. The van der Waals surface area contributed by atoms with Crippen molar-refractivity contribution in [2.75, 3.05) is 33.4 Å². The minimum atomic E-state index is 0.139. The third-order valence-corrected chi connectivity index (χ3v) is 4.68. The Hall–Kier alpha value is -2.18. The Morgan fingerprint density at radius 1 is 1.32 bits per heavy atom. The average molecular weight is 342 g/mol. The summed E-state index contributed by atoms with van der Waals surface area (Å²) in [5.74, 6) is 0.139. The van der Waals surface area contributed by atoms with Gasteiger partial charge in [0.1, 0.15) is 0 Å². The summed E-state index contributed by atoms with van der Waals surface area (Å²) in [5.41, 5.74) is 3.51. The van der Waals surface area contributed by atoms with E-state index in [1.807, 2.05) is 48.6 Å². The lowest BCUT2D eigenvalue weighted by atomic mass is 10.1. The summed E-state index contributed by atoms with van der Waals surface area (Å²) in [6, 6.07) is 10.1. The van der Waals surface area contributed by atoms with Crippen molar-refractivity contribution in [1.29, 1.82) is 0 Å². The summed E-state index contributed by atoms with van der Waals surface area (Å²) in [7, 11) is 3.69. The van der Waals surface area contributed by atoms with E-state index in [0.717, 1.165) is 30.8 Å². The predicted molar refractivity (Wildman–Crippen MR) is 95.9 cm³/mol. The van der Waals surface area contributed by atoms with Gasteiger partial charge in [-0.3, -0.25) is 9.69 Å². The second-order valence-corrected chi connectivity index (χ2v) is 6.50. The van der Waals surface area contributed by atoms with Crippen LogP contribution in [0.2, 0.25) is 0 Å². The summed E-state index contributed by atoms with van der Waals surface area (Å²) >= 11 is 0. The molecule has 0 spiro atoms. The highest BCUT2D eigenvalue weighted by molar-refractivity contribution is 5.78. The molecule has 1 aliphatic heterocycles. The SMILES string of the molecule is COCCN(Cc1ccccc1)C(=O)CN1CCc2c(ncn2C)C1. The number of aryl methyl sites for hydroxylation is 1. The lowest BCUT2D eigenvalue weighted by Crippen LogP contribution is -2.43.